The molecule has 2 rings (SSSR count). The molecule has 1 heterocycles. The summed E-state index contributed by atoms with van der Waals surface area (Å²) in [7, 11) is 0. The topological polar surface area (TPSA) is 79.3 Å². The number of pyridine rings is 1. The molecule has 1 aliphatic rings. The Morgan fingerprint density at radius 1 is 1.38 bits per heavy atom. The number of carbonyl (C=O) groups excluding carboxylic acids is 1. The van der Waals surface area contributed by atoms with Crippen LogP contribution in [0, 0.1) is 19.8 Å². The van der Waals surface area contributed by atoms with Gasteiger partial charge in [-0.3, -0.25) is 9.78 Å². The summed E-state index contributed by atoms with van der Waals surface area (Å²) in [5, 5.41) is 12.3. The van der Waals surface area contributed by atoms with Gasteiger partial charge in [0.2, 0.25) is 0 Å². The fourth-order valence-corrected chi connectivity index (χ4v) is 3.12. The highest BCUT2D eigenvalue weighted by Gasteiger charge is 2.43. The lowest BCUT2D eigenvalue weighted by atomic mass is 9.76. The highest BCUT2D eigenvalue weighted by Crippen LogP contribution is 2.33. The van der Waals surface area contributed by atoms with Crippen molar-refractivity contribution in [2.24, 2.45) is 5.92 Å². The summed E-state index contributed by atoms with van der Waals surface area (Å²) >= 11 is 0. The molecule has 1 aromatic rings. The number of aromatic nitrogens is 1. The van der Waals surface area contributed by atoms with E-state index in [0.29, 0.717) is 30.0 Å². The summed E-state index contributed by atoms with van der Waals surface area (Å²) in [4.78, 5) is 28.4. The van der Waals surface area contributed by atoms with E-state index < -0.39 is 11.5 Å². The van der Waals surface area contributed by atoms with Crippen LogP contribution in [0.1, 0.15) is 54.4 Å². The summed E-state index contributed by atoms with van der Waals surface area (Å²) in [6, 6.07) is 3.47. The van der Waals surface area contributed by atoms with E-state index in [1.54, 1.807) is 19.1 Å². The van der Waals surface area contributed by atoms with Gasteiger partial charge in [0.05, 0.1) is 11.3 Å². The van der Waals surface area contributed by atoms with E-state index in [4.69, 9.17) is 0 Å². The van der Waals surface area contributed by atoms with Crippen LogP contribution in [0.2, 0.25) is 0 Å². The first-order valence-corrected chi connectivity index (χ1v) is 7.34. The van der Waals surface area contributed by atoms with Gasteiger partial charge < -0.3 is 10.4 Å². The molecule has 114 valence electrons. The van der Waals surface area contributed by atoms with Gasteiger partial charge in [0.15, 0.2) is 0 Å². The number of amides is 1. The summed E-state index contributed by atoms with van der Waals surface area (Å²) in [5.74, 6) is -0.996. The molecule has 0 bridgehead atoms. The van der Waals surface area contributed by atoms with Crippen LogP contribution >= 0.6 is 0 Å². The average molecular weight is 290 g/mol. The third-order valence-electron chi connectivity index (χ3n) is 4.23. The minimum Gasteiger partial charge on any atom is -0.480 e. The van der Waals surface area contributed by atoms with Crippen molar-refractivity contribution in [2.75, 3.05) is 0 Å². The molecule has 1 saturated carbocycles. The van der Waals surface area contributed by atoms with E-state index in [2.05, 4.69) is 10.3 Å². The van der Waals surface area contributed by atoms with Crippen LogP contribution in [0.4, 0.5) is 0 Å². The number of hydrogen-bond acceptors (Lipinski definition) is 3. The molecule has 1 amide bonds. The SMILES string of the molecule is Cc1ccc(C(=O)NC2(C(=O)O)CCCC(C)C2)c(C)n1. The lowest BCUT2D eigenvalue weighted by Gasteiger charge is -2.37. The van der Waals surface area contributed by atoms with Gasteiger partial charge in [-0.1, -0.05) is 19.8 Å². The predicted molar refractivity (Wildman–Crippen MR) is 79.2 cm³/mol. The Kier molecular flexibility index (Phi) is 4.30. The molecule has 2 N–H and O–H groups in total. The Morgan fingerprint density at radius 3 is 2.67 bits per heavy atom. The lowest BCUT2D eigenvalue weighted by molar-refractivity contribution is -0.146. The summed E-state index contributed by atoms with van der Waals surface area (Å²) in [6.07, 6.45) is 2.79. The molecule has 1 aliphatic carbocycles. The van der Waals surface area contributed by atoms with Crippen LogP contribution in [0.5, 0.6) is 0 Å². The van der Waals surface area contributed by atoms with Crippen molar-refractivity contribution < 1.29 is 14.7 Å². The highest BCUT2D eigenvalue weighted by molar-refractivity contribution is 5.98. The normalized spacial score (nSPS) is 25.4. The number of carbonyl (C=O) groups is 2. The first-order valence-electron chi connectivity index (χ1n) is 7.34. The van der Waals surface area contributed by atoms with E-state index in [-0.39, 0.29) is 5.91 Å². The van der Waals surface area contributed by atoms with Crippen LogP contribution in [-0.2, 0) is 4.79 Å². The van der Waals surface area contributed by atoms with E-state index in [0.717, 1.165) is 18.5 Å². The second kappa shape index (κ2) is 5.84. The van der Waals surface area contributed by atoms with Crippen LogP contribution < -0.4 is 5.32 Å². The van der Waals surface area contributed by atoms with Gasteiger partial charge in [0.1, 0.15) is 5.54 Å². The summed E-state index contributed by atoms with van der Waals surface area (Å²) in [6.45, 7) is 5.65. The molecule has 21 heavy (non-hydrogen) atoms. The lowest BCUT2D eigenvalue weighted by Crippen LogP contribution is -2.56. The molecule has 2 atom stereocenters. The van der Waals surface area contributed by atoms with Gasteiger partial charge in [0.25, 0.3) is 5.91 Å². The van der Waals surface area contributed by atoms with Crippen molar-refractivity contribution >= 4 is 11.9 Å². The van der Waals surface area contributed by atoms with Crippen LogP contribution in [0.25, 0.3) is 0 Å². The zero-order valence-electron chi connectivity index (χ0n) is 12.8. The molecule has 1 aromatic heterocycles. The maximum Gasteiger partial charge on any atom is 0.329 e. The van der Waals surface area contributed by atoms with E-state index >= 15 is 0 Å². The largest absolute Gasteiger partial charge is 0.480 e. The zero-order valence-corrected chi connectivity index (χ0v) is 12.8. The maximum atomic E-state index is 12.4. The van der Waals surface area contributed by atoms with E-state index in [1.807, 2.05) is 13.8 Å². The molecule has 1 fully saturated rings. The van der Waals surface area contributed by atoms with Crippen molar-refractivity contribution in [3.8, 4) is 0 Å². The fourth-order valence-electron chi connectivity index (χ4n) is 3.12. The maximum absolute atomic E-state index is 12.4. The minimum absolute atomic E-state index is 0.299. The number of nitrogens with zero attached hydrogens (tertiary/aromatic N) is 1. The molecule has 0 saturated heterocycles. The molecule has 2 unspecified atom stereocenters. The molecule has 5 heteroatoms. The van der Waals surface area contributed by atoms with Gasteiger partial charge in [-0.25, -0.2) is 4.79 Å². The number of hydrogen-bond donors (Lipinski definition) is 2. The van der Waals surface area contributed by atoms with Crippen LogP contribution in [0.15, 0.2) is 12.1 Å². The first-order chi connectivity index (χ1) is 9.84. The van der Waals surface area contributed by atoms with Crippen molar-refractivity contribution in [1.29, 1.82) is 0 Å². The predicted octanol–water partition coefficient (Wildman–Crippen LogP) is 2.46. The quantitative estimate of drug-likeness (QED) is 0.896. The van der Waals surface area contributed by atoms with Gasteiger partial charge in [-0.05, 0) is 44.7 Å². The van der Waals surface area contributed by atoms with Gasteiger partial charge in [0, 0.05) is 5.69 Å². The zero-order chi connectivity index (χ0) is 15.6. The molecule has 5 nitrogen and oxygen atoms in total. The molecule has 0 aromatic carbocycles. The Bertz CT molecular complexity index is 571. The Morgan fingerprint density at radius 2 is 2.10 bits per heavy atom. The second-order valence-electron chi connectivity index (χ2n) is 6.13. The van der Waals surface area contributed by atoms with Gasteiger partial charge in [-0.2, -0.15) is 0 Å². The number of nitrogens with one attached hydrogen (secondary N) is 1. The first kappa shape index (κ1) is 15.5. The van der Waals surface area contributed by atoms with Crippen molar-refractivity contribution in [2.45, 2.75) is 52.0 Å². The Hall–Kier alpha value is -1.91. The number of carboxylic acid groups (broad SMARTS) is 1. The summed E-state index contributed by atoms with van der Waals surface area (Å²) in [5.41, 5.74) is 0.756. The minimum atomic E-state index is -1.15. The van der Waals surface area contributed by atoms with Crippen molar-refractivity contribution in [3.05, 3.63) is 29.1 Å². The van der Waals surface area contributed by atoms with Gasteiger partial charge in [-0.15, -0.1) is 0 Å². The molecule has 0 spiro atoms. The second-order valence-corrected chi connectivity index (χ2v) is 6.13. The average Bonchev–Trinajstić information content (AvgIpc) is 2.38. The third kappa shape index (κ3) is 3.23. The summed E-state index contributed by atoms with van der Waals surface area (Å²) < 4.78 is 0. The fraction of sp³-hybridized carbons (Fsp3) is 0.562. The van der Waals surface area contributed by atoms with Crippen LogP contribution in [0.3, 0.4) is 0 Å². The highest BCUT2D eigenvalue weighted by atomic mass is 16.4. The Balaban J connectivity index is 2.24. The van der Waals surface area contributed by atoms with Crippen molar-refractivity contribution in [1.82, 2.24) is 10.3 Å². The van der Waals surface area contributed by atoms with Gasteiger partial charge >= 0.3 is 5.97 Å². The van der Waals surface area contributed by atoms with E-state index in [9.17, 15) is 14.7 Å². The number of aryl methyl sites for hydroxylation is 2. The molecular weight excluding hydrogens is 268 g/mol. The number of aliphatic carboxylic acids is 1. The third-order valence-corrected chi connectivity index (χ3v) is 4.23. The number of rotatable bonds is 3. The monoisotopic (exact) mass is 290 g/mol. The Labute approximate surface area is 124 Å². The van der Waals surface area contributed by atoms with Crippen LogP contribution in [-0.4, -0.2) is 27.5 Å². The number of carboxylic acids is 1. The molecule has 0 aliphatic heterocycles. The molecule has 0 radical (unpaired) electrons. The smallest absolute Gasteiger partial charge is 0.329 e. The molecular formula is C16H22N2O3. The standard InChI is InChI=1S/C16H22N2O3/c1-10-5-4-8-16(9-10,15(20)21)18-14(19)13-7-6-11(2)17-12(13)3/h6-7,10H,4-5,8-9H2,1-3H3,(H,18,19)(H,20,21). The van der Waals surface area contributed by atoms with Crippen molar-refractivity contribution in [3.63, 3.8) is 0 Å². The van der Waals surface area contributed by atoms with E-state index in [1.165, 1.54) is 0 Å².